The number of anilines is 1. The van der Waals surface area contributed by atoms with Crippen molar-refractivity contribution in [3.63, 3.8) is 0 Å². The molecule has 0 bridgehead atoms. The van der Waals surface area contributed by atoms with Gasteiger partial charge in [-0.3, -0.25) is 4.79 Å². The van der Waals surface area contributed by atoms with Gasteiger partial charge in [0, 0.05) is 23.8 Å². The number of rotatable bonds is 10. The summed E-state index contributed by atoms with van der Waals surface area (Å²) in [5.41, 5.74) is 2.34. The summed E-state index contributed by atoms with van der Waals surface area (Å²) in [7, 11) is 0. The molecule has 0 spiro atoms. The Bertz CT molecular complexity index is 1420. The maximum absolute atomic E-state index is 13.5. The number of carbonyl (C=O) groups excluding carboxylic acids is 1. The molecule has 4 saturated carbocycles. The summed E-state index contributed by atoms with van der Waals surface area (Å²) < 4.78 is 0. The number of hydrogen-bond donors (Lipinski definition) is 5. The average molecular weight is 645 g/mol. The fraction of sp³-hybridized carbons (Fsp3) is 0.683. The zero-order valence-electron chi connectivity index (χ0n) is 29.5. The number of aromatic hydroxyl groups is 3. The lowest BCUT2D eigenvalue weighted by molar-refractivity contribution is -0.117. The monoisotopic (exact) mass is 644 g/mol. The van der Waals surface area contributed by atoms with Gasteiger partial charge in [-0.05, 0) is 146 Å². The van der Waals surface area contributed by atoms with Crippen molar-refractivity contribution in [1.29, 1.82) is 0 Å². The number of phenolic OH excluding ortho intramolecular Hbond substituents is 3. The minimum atomic E-state index is -0.235. The number of hydrogen-bond acceptors (Lipinski definition) is 5. The van der Waals surface area contributed by atoms with Gasteiger partial charge in [-0.2, -0.15) is 0 Å². The molecule has 6 heteroatoms. The van der Waals surface area contributed by atoms with Crippen LogP contribution < -0.4 is 10.6 Å². The van der Waals surface area contributed by atoms with Crippen molar-refractivity contribution in [2.75, 3.05) is 5.32 Å². The van der Waals surface area contributed by atoms with Crippen LogP contribution in [-0.4, -0.2) is 27.3 Å². The molecule has 5 N–H and O–H groups in total. The topological polar surface area (TPSA) is 102 Å². The number of amides is 1. The first-order valence-corrected chi connectivity index (χ1v) is 18.8. The van der Waals surface area contributed by atoms with Crippen LogP contribution >= 0.6 is 0 Å². The molecule has 0 heterocycles. The Hall–Kier alpha value is -2.89. The molecule has 2 aromatic carbocycles. The predicted molar refractivity (Wildman–Crippen MR) is 190 cm³/mol. The molecule has 9 atom stereocenters. The van der Waals surface area contributed by atoms with E-state index in [-0.39, 0.29) is 41.3 Å². The normalized spacial score (nSPS) is 33.8. The van der Waals surface area contributed by atoms with Crippen molar-refractivity contribution in [1.82, 2.24) is 5.32 Å². The van der Waals surface area contributed by atoms with Crippen molar-refractivity contribution in [3.8, 4) is 17.2 Å². The molecule has 6 rings (SSSR count). The van der Waals surface area contributed by atoms with Gasteiger partial charge in [0.25, 0.3) is 5.91 Å². The van der Waals surface area contributed by atoms with Crippen LogP contribution in [0.25, 0.3) is 0 Å². The Kier molecular flexibility index (Phi) is 9.80. The van der Waals surface area contributed by atoms with E-state index in [4.69, 9.17) is 0 Å². The molecule has 2 aromatic rings. The Morgan fingerprint density at radius 3 is 2.38 bits per heavy atom. The molecule has 0 radical (unpaired) electrons. The van der Waals surface area contributed by atoms with Crippen molar-refractivity contribution >= 4 is 11.6 Å². The smallest absolute Gasteiger partial charge is 0.255 e. The number of fused-ring (bicyclic) bond motifs is 5. The molecular weight excluding hydrogens is 584 g/mol. The number of nitrogens with one attached hydrogen (secondary N) is 2. The highest BCUT2D eigenvalue weighted by atomic mass is 16.3. The van der Waals surface area contributed by atoms with Crippen molar-refractivity contribution in [2.24, 2.45) is 52.3 Å². The van der Waals surface area contributed by atoms with Crippen LogP contribution in [0.4, 0.5) is 5.69 Å². The van der Waals surface area contributed by atoms with Crippen LogP contribution in [0.3, 0.4) is 0 Å². The van der Waals surface area contributed by atoms with Gasteiger partial charge in [-0.15, -0.1) is 0 Å². The first-order chi connectivity index (χ1) is 22.4. The van der Waals surface area contributed by atoms with Crippen molar-refractivity contribution in [3.05, 3.63) is 47.5 Å². The molecule has 1 amide bonds. The summed E-state index contributed by atoms with van der Waals surface area (Å²) in [5.74, 6) is 5.62. The lowest BCUT2D eigenvalue weighted by Gasteiger charge is -2.61. The third-order valence-corrected chi connectivity index (χ3v) is 14.0. The summed E-state index contributed by atoms with van der Waals surface area (Å²) in [4.78, 5) is 13.5. The Balaban J connectivity index is 1.06. The van der Waals surface area contributed by atoms with Crippen molar-refractivity contribution < 1.29 is 20.1 Å². The molecule has 0 aliphatic heterocycles. The average Bonchev–Trinajstić information content (AvgIpc) is 3.39. The number of phenols is 3. The maximum Gasteiger partial charge on any atom is 0.255 e. The van der Waals surface area contributed by atoms with Gasteiger partial charge in [0.1, 0.15) is 17.2 Å². The van der Waals surface area contributed by atoms with Crippen LogP contribution in [-0.2, 0) is 6.54 Å². The van der Waals surface area contributed by atoms with E-state index in [1.807, 2.05) is 0 Å². The molecule has 4 fully saturated rings. The van der Waals surface area contributed by atoms with Gasteiger partial charge < -0.3 is 26.0 Å². The second-order valence-electron chi connectivity index (χ2n) is 17.0. The van der Waals surface area contributed by atoms with E-state index in [1.165, 1.54) is 88.5 Å². The fourth-order valence-corrected chi connectivity index (χ4v) is 11.4. The quantitative estimate of drug-likeness (QED) is 0.166. The van der Waals surface area contributed by atoms with E-state index in [0.717, 1.165) is 48.3 Å². The fourth-order valence-electron chi connectivity index (χ4n) is 11.4. The van der Waals surface area contributed by atoms with E-state index >= 15 is 0 Å². The molecule has 6 nitrogen and oxygen atoms in total. The van der Waals surface area contributed by atoms with Crippen molar-refractivity contribution in [2.45, 2.75) is 124 Å². The molecule has 0 aromatic heterocycles. The third kappa shape index (κ3) is 6.72. The highest BCUT2D eigenvalue weighted by molar-refractivity contribution is 5.98. The van der Waals surface area contributed by atoms with E-state index in [9.17, 15) is 20.1 Å². The maximum atomic E-state index is 13.5. The second-order valence-corrected chi connectivity index (χ2v) is 17.0. The van der Waals surface area contributed by atoms with E-state index in [0.29, 0.717) is 28.0 Å². The highest BCUT2D eigenvalue weighted by Gasteiger charge is 2.60. The van der Waals surface area contributed by atoms with Gasteiger partial charge in [0.2, 0.25) is 0 Å². The summed E-state index contributed by atoms with van der Waals surface area (Å²) >= 11 is 0. The van der Waals surface area contributed by atoms with Gasteiger partial charge in [-0.1, -0.05) is 53.9 Å². The molecule has 47 heavy (non-hydrogen) atoms. The molecule has 0 saturated heterocycles. The van der Waals surface area contributed by atoms with E-state index < -0.39 is 0 Å². The van der Waals surface area contributed by atoms with Crippen LogP contribution in [0.15, 0.2) is 36.4 Å². The summed E-state index contributed by atoms with van der Waals surface area (Å²) in [5, 5.41) is 37.0. The van der Waals surface area contributed by atoms with Crippen LogP contribution in [0, 0.1) is 52.3 Å². The molecule has 4 aliphatic rings. The zero-order valence-corrected chi connectivity index (χ0v) is 29.5. The minimum Gasteiger partial charge on any atom is -0.508 e. The van der Waals surface area contributed by atoms with Crippen LogP contribution in [0.5, 0.6) is 17.2 Å². The number of benzene rings is 2. The van der Waals surface area contributed by atoms with Crippen LogP contribution in [0.1, 0.15) is 128 Å². The van der Waals surface area contributed by atoms with Crippen LogP contribution in [0.2, 0.25) is 0 Å². The summed E-state index contributed by atoms with van der Waals surface area (Å²) in [6, 6.07) is 9.44. The predicted octanol–water partition coefficient (Wildman–Crippen LogP) is 9.64. The summed E-state index contributed by atoms with van der Waals surface area (Å²) in [6.45, 7) is 12.8. The van der Waals surface area contributed by atoms with E-state index in [2.05, 4.69) is 45.3 Å². The molecule has 1 unspecified atom stereocenters. The van der Waals surface area contributed by atoms with Gasteiger partial charge in [0.05, 0.1) is 5.56 Å². The Labute approximate surface area is 283 Å². The molecule has 258 valence electrons. The second kappa shape index (κ2) is 13.6. The van der Waals surface area contributed by atoms with E-state index in [1.54, 1.807) is 12.1 Å². The first kappa shape index (κ1) is 34.0. The Morgan fingerprint density at radius 1 is 0.851 bits per heavy atom. The summed E-state index contributed by atoms with van der Waals surface area (Å²) in [6.07, 6.45) is 15.6. The zero-order chi connectivity index (χ0) is 33.5. The number of carbonyl (C=O) groups is 1. The standard InChI is InChI=1S/C41H60N2O4/c1-25(2)7-6-8-26(3)34-13-14-35-32-12-9-28-22-30(17-19-40(28,4)36(32)18-20-41(34,35)5)43-39(47)33-23-29(10-15-38(33)46)42-24-27-21-31(44)11-16-37(27)45/h10-11,15-16,21,23,25-26,28,30,32,34-36,42,44-46H,6-9,12-14,17-20,22,24H2,1-5H3,(H,43,47)/t26-,28?,30+,32+,34-,35+,36+,40+,41-/m1/s1. The first-order valence-electron chi connectivity index (χ1n) is 18.8. The van der Waals surface area contributed by atoms with Gasteiger partial charge >= 0.3 is 0 Å². The Morgan fingerprint density at radius 2 is 1.60 bits per heavy atom. The minimum absolute atomic E-state index is 0.0382. The largest absolute Gasteiger partial charge is 0.508 e. The van der Waals surface area contributed by atoms with Gasteiger partial charge in [0.15, 0.2) is 0 Å². The third-order valence-electron chi connectivity index (χ3n) is 14.0. The molecular formula is C41H60N2O4. The SMILES string of the molecule is CC(C)CCC[C@@H](C)[C@H]1CC[C@H]2[C@@H]3CCC4C[C@@H](NC(=O)c5cc(NCc6cc(O)ccc6O)ccc5O)CC[C@]4(C)[C@H]3CC[C@]12C. The lowest BCUT2D eigenvalue weighted by Crippen LogP contribution is -2.55. The van der Waals surface area contributed by atoms with Gasteiger partial charge in [-0.25, -0.2) is 0 Å². The lowest BCUT2D eigenvalue weighted by atomic mass is 9.44. The highest BCUT2D eigenvalue weighted by Crippen LogP contribution is 2.68. The molecule has 4 aliphatic carbocycles.